The van der Waals surface area contributed by atoms with Crippen LogP contribution in [0.1, 0.15) is 24.7 Å². The highest BCUT2D eigenvalue weighted by Crippen LogP contribution is 2.27. The minimum atomic E-state index is -3.47. The van der Waals surface area contributed by atoms with Gasteiger partial charge in [-0.05, 0) is 12.8 Å². The Morgan fingerprint density at radius 2 is 2.05 bits per heavy atom. The van der Waals surface area contributed by atoms with Gasteiger partial charge in [-0.1, -0.05) is 5.10 Å². The Morgan fingerprint density at radius 1 is 1.42 bits per heavy atom. The molecule has 0 spiro atoms. The number of alkyl halides is 1. The normalized spacial score (nSPS) is 17.7. The lowest BCUT2D eigenvalue weighted by Gasteiger charge is -2.29. The maximum Gasteiger partial charge on any atom is 0.335 e. The summed E-state index contributed by atoms with van der Waals surface area (Å²) in [6, 6.07) is 0. The Bertz CT molecular complexity index is 563. The number of hydrogen-bond acceptors (Lipinski definition) is 6. The van der Waals surface area contributed by atoms with Crippen LogP contribution in [-0.4, -0.2) is 54.6 Å². The molecule has 7 nitrogen and oxygen atoms in total. The lowest BCUT2D eigenvalue weighted by molar-refractivity contribution is -0.129. The van der Waals surface area contributed by atoms with E-state index in [-0.39, 0.29) is 22.9 Å². The first kappa shape index (κ1) is 14.3. The van der Waals surface area contributed by atoms with E-state index < -0.39 is 9.84 Å². The van der Waals surface area contributed by atoms with Gasteiger partial charge in [-0.3, -0.25) is 4.79 Å². The smallest absolute Gasteiger partial charge is 0.335 e. The van der Waals surface area contributed by atoms with Crippen LogP contribution in [0.5, 0.6) is 0 Å². The van der Waals surface area contributed by atoms with Crippen LogP contribution in [0, 0.1) is 0 Å². The molecule has 1 fully saturated rings. The van der Waals surface area contributed by atoms with Crippen molar-refractivity contribution in [3.05, 3.63) is 5.89 Å². The number of rotatable bonds is 3. The monoisotopic (exact) mass is 307 g/mol. The molecule has 2 heterocycles. The summed E-state index contributed by atoms with van der Waals surface area (Å²) in [6.07, 6.45) is 2.34. The van der Waals surface area contributed by atoms with E-state index in [4.69, 9.17) is 16.0 Å². The van der Waals surface area contributed by atoms with Crippen LogP contribution < -0.4 is 0 Å². The summed E-state index contributed by atoms with van der Waals surface area (Å²) in [6.45, 7) is 1.12. The van der Waals surface area contributed by atoms with Crippen LogP contribution in [0.25, 0.3) is 0 Å². The zero-order valence-electron chi connectivity index (χ0n) is 10.4. The molecule has 0 unspecified atom stereocenters. The summed E-state index contributed by atoms with van der Waals surface area (Å²) >= 11 is 5.49. The third kappa shape index (κ3) is 3.24. The van der Waals surface area contributed by atoms with E-state index in [1.807, 2.05) is 0 Å². The molecule has 9 heteroatoms. The first-order valence-corrected chi connectivity index (χ1v) is 8.21. The molecule has 1 aromatic rings. The molecule has 19 heavy (non-hydrogen) atoms. The lowest BCUT2D eigenvalue weighted by Crippen LogP contribution is -2.38. The molecule has 0 bridgehead atoms. The molecule has 1 saturated heterocycles. The van der Waals surface area contributed by atoms with Gasteiger partial charge in [0, 0.05) is 25.3 Å². The van der Waals surface area contributed by atoms with E-state index >= 15 is 0 Å². The Kier molecular flexibility index (Phi) is 4.10. The average molecular weight is 308 g/mol. The van der Waals surface area contributed by atoms with Crippen LogP contribution >= 0.6 is 11.6 Å². The summed E-state index contributed by atoms with van der Waals surface area (Å²) in [7, 11) is -3.47. The largest absolute Gasteiger partial charge is 0.412 e. The topological polar surface area (TPSA) is 93.4 Å². The number of sulfone groups is 1. The number of piperidine rings is 1. The van der Waals surface area contributed by atoms with Crippen molar-refractivity contribution < 1.29 is 17.6 Å². The van der Waals surface area contributed by atoms with Gasteiger partial charge < -0.3 is 9.32 Å². The second-order valence-electron chi connectivity index (χ2n) is 4.47. The fourth-order valence-corrected chi connectivity index (χ4v) is 2.59. The Balaban J connectivity index is 2.02. The second-order valence-corrected chi connectivity index (χ2v) is 6.63. The number of halogens is 1. The maximum atomic E-state index is 11.4. The van der Waals surface area contributed by atoms with Gasteiger partial charge in [0.25, 0.3) is 0 Å². The third-order valence-electron chi connectivity index (χ3n) is 3.05. The molecule has 1 aliphatic rings. The molecule has 0 N–H and O–H groups in total. The minimum absolute atomic E-state index is 0.0117. The Hall–Kier alpha value is -1.15. The molecule has 0 radical (unpaired) electrons. The van der Waals surface area contributed by atoms with E-state index in [0.717, 1.165) is 6.26 Å². The molecule has 0 saturated carbocycles. The number of amides is 1. The number of carbonyl (C=O) groups excluding carboxylic acids is 1. The number of carbonyl (C=O) groups is 1. The fraction of sp³-hybridized carbons (Fsp3) is 0.700. The summed E-state index contributed by atoms with van der Waals surface area (Å²) in [5.41, 5.74) is 0. The number of aromatic nitrogens is 2. The highest BCUT2D eigenvalue weighted by molar-refractivity contribution is 7.90. The van der Waals surface area contributed by atoms with Gasteiger partial charge >= 0.3 is 5.22 Å². The van der Waals surface area contributed by atoms with Crippen molar-refractivity contribution in [1.82, 2.24) is 15.1 Å². The molecular formula is C10H14ClN3O4S. The second kappa shape index (κ2) is 5.46. The molecule has 0 aromatic carbocycles. The van der Waals surface area contributed by atoms with Crippen LogP contribution in [0.4, 0.5) is 0 Å². The van der Waals surface area contributed by atoms with Crippen molar-refractivity contribution in [2.75, 3.05) is 25.2 Å². The van der Waals surface area contributed by atoms with Crippen LogP contribution in [0.15, 0.2) is 9.64 Å². The molecule has 1 aliphatic heterocycles. The lowest BCUT2D eigenvalue weighted by atomic mass is 9.97. The van der Waals surface area contributed by atoms with E-state index in [1.54, 1.807) is 4.90 Å². The van der Waals surface area contributed by atoms with Crippen molar-refractivity contribution >= 4 is 27.3 Å². The van der Waals surface area contributed by atoms with Crippen LogP contribution in [-0.2, 0) is 14.6 Å². The zero-order valence-corrected chi connectivity index (χ0v) is 11.9. The quantitative estimate of drug-likeness (QED) is 0.751. The van der Waals surface area contributed by atoms with Gasteiger partial charge in [0.1, 0.15) is 5.88 Å². The van der Waals surface area contributed by atoms with Crippen molar-refractivity contribution in [2.45, 2.75) is 24.0 Å². The van der Waals surface area contributed by atoms with Gasteiger partial charge in [0.15, 0.2) is 0 Å². The highest BCUT2D eigenvalue weighted by atomic mass is 35.5. The number of likely N-dealkylation sites (tertiary alicyclic amines) is 1. The Morgan fingerprint density at radius 3 is 2.53 bits per heavy atom. The first-order valence-electron chi connectivity index (χ1n) is 5.79. The summed E-state index contributed by atoms with van der Waals surface area (Å²) in [5, 5.41) is 6.94. The molecule has 2 rings (SSSR count). The molecular weight excluding hydrogens is 294 g/mol. The molecule has 0 aliphatic carbocycles. The highest BCUT2D eigenvalue weighted by Gasteiger charge is 2.28. The van der Waals surface area contributed by atoms with Gasteiger partial charge in [0.2, 0.25) is 21.6 Å². The van der Waals surface area contributed by atoms with E-state index in [0.29, 0.717) is 31.8 Å². The number of nitrogens with zero attached hydrogens (tertiary/aromatic N) is 3. The minimum Gasteiger partial charge on any atom is -0.412 e. The zero-order chi connectivity index (χ0) is 14.0. The van der Waals surface area contributed by atoms with Crippen molar-refractivity contribution in [3.63, 3.8) is 0 Å². The van der Waals surface area contributed by atoms with Gasteiger partial charge in [-0.2, -0.15) is 0 Å². The van der Waals surface area contributed by atoms with E-state index in [9.17, 15) is 13.2 Å². The standard InChI is InChI=1S/C10H14ClN3O4S/c1-19(16,17)10-13-12-9(18-10)7-2-4-14(5-3-7)8(15)6-11/h7H,2-6H2,1H3. The Labute approximate surface area is 115 Å². The molecule has 106 valence electrons. The van der Waals surface area contributed by atoms with Crippen molar-refractivity contribution in [2.24, 2.45) is 0 Å². The average Bonchev–Trinajstić information content (AvgIpc) is 2.87. The maximum absolute atomic E-state index is 11.4. The molecule has 1 amide bonds. The van der Waals surface area contributed by atoms with Crippen LogP contribution in [0.3, 0.4) is 0 Å². The predicted octanol–water partition coefficient (Wildman–Crippen LogP) is 0.418. The van der Waals surface area contributed by atoms with Crippen molar-refractivity contribution in [1.29, 1.82) is 0 Å². The van der Waals surface area contributed by atoms with Crippen LogP contribution in [0.2, 0.25) is 0 Å². The summed E-state index contributed by atoms with van der Waals surface area (Å²) in [5.74, 6) is 0.187. The molecule has 0 atom stereocenters. The fourth-order valence-electron chi connectivity index (χ4n) is 2.00. The SMILES string of the molecule is CS(=O)(=O)c1nnc(C2CCN(C(=O)CCl)CC2)o1. The van der Waals surface area contributed by atoms with E-state index in [2.05, 4.69) is 10.2 Å². The summed E-state index contributed by atoms with van der Waals surface area (Å²) < 4.78 is 27.7. The molecule has 1 aromatic heterocycles. The van der Waals surface area contributed by atoms with Gasteiger partial charge in [-0.25, -0.2) is 8.42 Å². The predicted molar refractivity (Wildman–Crippen MR) is 66.7 cm³/mol. The van der Waals surface area contributed by atoms with Gasteiger partial charge in [0.05, 0.1) is 0 Å². The third-order valence-corrected chi connectivity index (χ3v) is 4.08. The number of hydrogen-bond donors (Lipinski definition) is 0. The van der Waals surface area contributed by atoms with Gasteiger partial charge in [-0.15, -0.1) is 16.7 Å². The van der Waals surface area contributed by atoms with Crippen molar-refractivity contribution in [3.8, 4) is 0 Å². The van der Waals surface area contributed by atoms with E-state index in [1.165, 1.54) is 0 Å². The summed E-state index contributed by atoms with van der Waals surface area (Å²) in [4.78, 5) is 13.1. The first-order chi connectivity index (χ1) is 8.91.